The first-order valence-electron chi connectivity index (χ1n) is 7.02. The maximum absolute atomic E-state index is 11.4. The lowest BCUT2D eigenvalue weighted by molar-refractivity contribution is 0.0996. The molecule has 0 fully saturated rings. The van der Waals surface area contributed by atoms with Gasteiger partial charge in [-0.15, -0.1) is 0 Å². The van der Waals surface area contributed by atoms with Crippen molar-refractivity contribution in [2.75, 3.05) is 17.6 Å². The summed E-state index contributed by atoms with van der Waals surface area (Å²) in [6.45, 7) is 0.810. The minimum atomic E-state index is -0.573. The third kappa shape index (κ3) is 3.94. The first-order chi connectivity index (χ1) is 9.66. The SMILES string of the molecule is NC(=O)c1ncc(N)cc1NC1=NCCCCCCC1. The van der Waals surface area contributed by atoms with Gasteiger partial charge in [0, 0.05) is 13.0 Å². The van der Waals surface area contributed by atoms with Gasteiger partial charge < -0.3 is 16.8 Å². The number of primary amides is 1. The van der Waals surface area contributed by atoms with Crippen LogP contribution in [0.15, 0.2) is 17.3 Å². The predicted molar refractivity (Wildman–Crippen MR) is 80.8 cm³/mol. The molecule has 0 bridgehead atoms. The average Bonchev–Trinajstić information content (AvgIpc) is 2.52. The van der Waals surface area contributed by atoms with Gasteiger partial charge in [-0.3, -0.25) is 9.79 Å². The summed E-state index contributed by atoms with van der Waals surface area (Å²) in [5, 5.41) is 3.17. The van der Waals surface area contributed by atoms with Gasteiger partial charge >= 0.3 is 0 Å². The first kappa shape index (κ1) is 14.3. The number of pyridine rings is 1. The molecule has 1 aliphatic heterocycles. The topological polar surface area (TPSA) is 106 Å². The molecule has 5 N–H and O–H groups in total. The van der Waals surface area contributed by atoms with Gasteiger partial charge in [-0.25, -0.2) is 4.98 Å². The van der Waals surface area contributed by atoms with Crippen LogP contribution in [0.5, 0.6) is 0 Å². The summed E-state index contributed by atoms with van der Waals surface area (Å²) in [6, 6.07) is 1.67. The quantitative estimate of drug-likeness (QED) is 0.766. The number of carbonyl (C=O) groups is 1. The number of nitrogens with one attached hydrogen (secondary N) is 1. The van der Waals surface area contributed by atoms with Gasteiger partial charge in [-0.2, -0.15) is 0 Å². The Morgan fingerprint density at radius 1 is 1.20 bits per heavy atom. The number of aromatic nitrogens is 1. The largest absolute Gasteiger partial charge is 0.397 e. The van der Waals surface area contributed by atoms with Crippen molar-refractivity contribution in [3.63, 3.8) is 0 Å². The summed E-state index contributed by atoms with van der Waals surface area (Å²) in [6.07, 6.45) is 8.18. The zero-order chi connectivity index (χ0) is 14.4. The van der Waals surface area contributed by atoms with E-state index in [1.54, 1.807) is 6.07 Å². The van der Waals surface area contributed by atoms with E-state index in [-0.39, 0.29) is 5.69 Å². The van der Waals surface area contributed by atoms with E-state index in [0.29, 0.717) is 11.4 Å². The van der Waals surface area contributed by atoms with Crippen LogP contribution in [0, 0.1) is 0 Å². The Kier molecular flexibility index (Phi) is 4.92. The number of aliphatic imine (C=N–C) groups is 1. The van der Waals surface area contributed by atoms with Gasteiger partial charge in [0.15, 0.2) is 5.69 Å². The Labute approximate surface area is 118 Å². The van der Waals surface area contributed by atoms with E-state index in [1.165, 1.54) is 25.5 Å². The van der Waals surface area contributed by atoms with Crippen LogP contribution in [-0.4, -0.2) is 23.3 Å². The van der Waals surface area contributed by atoms with Crippen LogP contribution in [0.2, 0.25) is 0 Å². The fourth-order valence-electron chi connectivity index (χ4n) is 2.26. The van der Waals surface area contributed by atoms with Crippen molar-refractivity contribution < 1.29 is 4.79 Å². The molecule has 0 unspecified atom stereocenters. The summed E-state index contributed by atoms with van der Waals surface area (Å²) >= 11 is 0. The molecule has 0 spiro atoms. The highest BCUT2D eigenvalue weighted by atomic mass is 16.1. The zero-order valence-corrected chi connectivity index (χ0v) is 11.6. The predicted octanol–water partition coefficient (Wildman–Crippen LogP) is 1.93. The summed E-state index contributed by atoms with van der Waals surface area (Å²) in [7, 11) is 0. The van der Waals surface area contributed by atoms with Crippen molar-refractivity contribution >= 4 is 23.1 Å². The molecule has 1 amide bonds. The highest BCUT2D eigenvalue weighted by Gasteiger charge is 2.12. The Morgan fingerprint density at radius 2 is 1.95 bits per heavy atom. The number of hydrogen-bond acceptors (Lipinski definition) is 5. The van der Waals surface area contributed by atoms with E-state index in [2.05, 4.69) is 15.3 Å². The number of nitrogens with two attached hydrogens (primary N) is 2. The minimum Gasteiger partial charge on any atom is -0.397 e. The Bertz CT molecular complexity index is 512. The third-order valence-corrected chi connectivity index (χ3v) is 3.30. The first-order valence-corrected chi connectivity index (χ1v) is 7.02. The van der Waals surface area contributed by atoms with Crippen LogP contribution in [0.1, 0.15) is 49.0 Å². The van der Waals surface area contributed by atoms with Crippen LogP contribution in [0.4, 0.5) is 11.4 Å². The van der Waals surface area contributed by atoms with E-state index < -0.39 is 5.91 Å². The minimum absolute atomic E-state index is 0.196. The lowest BCUT2D eigenvalue weighted by Gasteiger charge is -2.12. The molecule has 6 nitrogen and oxygen atoms in total. The number of carbonyl (C=O) groups excluding carboxylic acids is 1. The zero-order valence-electron chi connectivity index (χ0n) is 11.6. The number of amides is 1. The average molecular weight is 275 g/mol. The number of nitrogens with zero attached hydrogens (tertiary/aromatic N) is 2. The molecular formula is C14H21N5O. The smallest absolute Gasteiger partial charge is 0.269 e. The molecule has 20 heavy (non-hydrogen) atoms. The fourth-order valence-corrected chi connectivity index (χ4v) is 2.26. The second-order valence-corrected chi connectivity index (χ2v) is 5.00. The molecule has 2 rings (SSSR count). The van der Waals surface area contributed by atoms with E-state index in [1.807, 2.05) is 0 Å². The fraction of sp³-hybridized carbons (Fsp3) is 0.500. The molecule has 1 aromatic heterocycles. The molecule has 0 aliphatic carbocycles. The number of amidine groups is 1. The second kappa shape index (κ2) is 6.88. The summed E-state index contributed by atoms with van der Waals surface area (Å²) in [5.74, 6) is 0.304. The summed E-state index contributed by atoms with van der Waals surface area (Å²) < 4.78 is 0. The van der Waals surface area contributed by atoms with Gasteiger partial charge in [0.05, 0.1) is 17.6 Å². The highest BCUT2D eigenvalue weighted by molar-refractivity contribution is 6.03. The number of anilines is 2. The third-order valence-electron chi connectivity index (χ3n) is 3.30. The van der Waals surface area contributed by atoms with Crippen LogP contribution >= 0.6 is 0 Å². The van der Waals surface area contributed by atoms with Crippen molar-refractivity contribution in [3.05, 3.63) is 18.0 Å². The Hall–Kier alpha value is -2.11. The maximum atomic E-state index is 11.4. The van der Waals surface area contributed by atoms with Gasteiger partial charge in [0.25, 0.3) is 5.91 Å². The van der Waals surface area contributed by atoms with E-state index in [9.17, 15) is 4.79 Å². The summed E-state index contributed by atoms with van der Waals surface area (Å²) in [5.41, 5.74) is 12.3. The number of rotatable bonds is 2. The lowest BCUT2D eigenvalue weighted by atomic mass is 10.1. The van der Waals surface area contributed by atoms with Gasteiger partial charge in [0.2, 0.25) is 0 Å². The van der Waals surface area contributed by atoms with Crippen molar-refractivity contribution in [2.24, 2.45) is 10.7 Å². The molecule has 0 aromatic carbocycles. The molecule has 0 saturated carbocycles. The van der Waals surface area contributed by atoms with Crippen molar-refractivity contribution in [3.8, 4) is 0 Å². The molecule has 0 saturated heterocycles. The van der Waals surface area contributed by atoms with E-state index in [0.717, 1.165) is 31.6 Å². The Morgan fingerprint density at radius 3 is 2.75 bits per heavy atom. The van der Waals surface area contributed by atoms with Crippen LogP contribution < -0.4 is 16.8 Å². The van der Waals surface area contributed by atoms with Gasteiger partial charge in [0.1, 0.15) is 5.84 Å². The lowest BCUT2D eigenvalue weighted by Crippen LogP contribution is -2.20. The molecule has 0 radical (unpaired) electrons. The Balaban J connectivity index is 2.18. The highest BCUT2D eigenvalue weighted by Crippen LogP contribution is 2.18. The molecule has 2 heterocycles. The number of nitrogen functional groups attached to an aromatic ring is 1. The monoisotopic (exact) mass is 275 g/mol. The van der Waals surface area contributed by atoms with E-state index >= 15 is 0 Å². The normalized spacial score (nSPS) is 16.5. The van der Waals surface area contributed by atoms with Crippen LogP contribution in [0.3, 0.4) is 0 Å². The van der Waals surface area contributed by atoms with Crippen molar-refractivity contribution in [2.45, 2.75) is 38.5 Å². The van der Waals surface area contributed by atoms with Gasteiger partial charge in [-0.1, -0.05) is 19.3 Å². The molecule has 108 valence electrons. The van der Waals surface area contributed by atoms with E-state index in [4.69, 9.17) is 11.5 Å². The number of hydrogen-bond donors (Lipinski definition) is 3. The van der Waals surface area contributed by atoms with Crippen molar-refractivity contribution in [1.29, 1.82) is 0 Å². The summed E-state index contributed by atoms with van der Waals surface area (Å²) in [4.78, 5) is 19.9. The molecule has 1 aromatic rings. The molecule has 1 aliphatic rings. The molecule has 0 atom stereocenters. The maximum Gasteiger partial charge on any atom is 0.269 e. The van der Waals surface area contributed by atoms with Gasteiger partial charge in [-0.05, 0) is 18.9 Å². The van der Waals surface area contributed by atoms with Crippen LogP contribution in [-0.2, 0) is 0 Å². The second-order valence-electron chi connectivity index (χ2n) is 5.00. The standard InChI is InChI=1S/C14H21N5O/c15-10-8-11(13(14(16)20)18-9-10)19-12-6-4-2-1-3-5-7-17-12/h8-9H,1-7,15H2,(H2,16,20)(H,17,19). The van der Waals surface area contributed by atoms with Crippen LogP contribution in [0.25, 0.3) is 0 Å². The molecular weight excluding hydrogens is 254 g/mol. The van der Waals surface area contributed by atoms with Crippen molar-refractivity contribution in [1.82, 2.24) is 4.98 Å². The molecule has 6 heteroatoms.